The summed E-state index contributed by atoms with van der Waals surface area (Å²) in [4.78, 5) is 24.8. The number of aromatic hydroxyl groups is 4. The van der Waals surface area contributed by atoms with Crippen molar-refractivity contribution in [3.8, 4) is 94.0 Å². The number of ether oxygens (including phenoxy) is 5. The number of rotatable bonds is 13. The molecule has 0 aliphatic heterocycles. The Labute approximate surface area is 447 Å². The summed E-state index contributed by atoms with van der Waals surface area (Å²) >= 11 is 13.1. The topological polar surface area (TPSA) is 225 Å². The lowest BCUT2D eigenvalue weighted by molar-refractivity contribution is 0.0903. The Balaban J connectivity index is 0.000000177. The van der Waals surface area contributed by atoms with Gasteiger partial charge < -0.3 is 49.4 Å². The number of ketones is 1. The number of aryl methyl sites for hydroxylation is 3. The molecule has 2 aromatic heterocycles. The van der Waals surface area contributed by atoms with Crippen molar-refractivity contribution in [2.24, 2.45) is 0 Å². The maximum atomic E-state index is 12.4. The second kappa shape index (κ2) is 24.6. The summed E-state index contributed by atoms with van der Waals surface area (Å²) in [7, 11) is 7.80. The Morgan fingerprint density at radius 1 is 0.486 bits per heavy atom. The van der Waals surface area contributed by atoms with Crippen molar-refractivity contribution in [1.29, 1.82) is 0 Å². The molecule has 0 bridgehead atoms. The van der Waals surface area contributed by atoms with Gasteiger partial charge in [-0.1, -0.05) is 38.6 Å². The molecule has 6 aromatic carbocycles. The highest BCUT2D eigenvalue weighted by atomic mass is 79.9. The first-order valence-corrected chi connectivity index (χ1v) is 25.2. The number of carbonyl (C=O) groups excluding carboxylic acids is 2. The molecule has 8 rings (SSSR count). The molecular weight excluding hydrogens is 1160 g/mol. The van der Waals surface area contributed by atoms with E-state index in [1.807, 2.05) is 25.1 Å². The van der Waals surface area contributed by atoms with Crippen LogP contribution in [0.15, 0.2) is 104 Å². The molecule has 0 spiro atoms. The van der Waals surface area contributed by atoms with Crippen molar-refractivity contribution in [3.63, 3.8) is 0 Å². The lowest BCUT2D eigenvalue weighted by Gasteiger charge is -2.11. The van der Waals surface area contributed by atoms with Crippen LogP contribution >= 0.6 is 70.5 Å². The smallest absolute Gasteiger partial charge is 0.252 e. The van der Waals surface area contributed by atoms with Gasteiger partial charge in [0.1, 0.15) is 25.8 Å². The number of phenolic OH excluding ortho intramolecular Hbond substituents is 4. The van der Waals surface area contributed by atoms with Crippen LogP contribution in [0.25, 0.3) is 42.3 Å². The summed E-state index contributed by atoms with van der Waals surface area (Å²) in [5.41, 5.74) is 7.40. The Bertz CT molecular complexity index is 3280. The first-order chi connectivity index (χ1) is 34.4. The number of Topliss-reactive ketones (excluding diaryl/α,β-unsaturated/α-hetero) is 1. The molecule has 2 heterocycles. The molecule has 5 N–H and O–H groups in total. The Hall–Kier alpha value is -6.78. The van der Waals surface area contributed by atoms with Crippen LogP contribution in [0.4, 0.5) is 0 Å². The van der Waals surface area contributed by atoms with Crippen LogP contribution in [0.3, 0.4) is 0 Å². The average molecular weight is 1210 g/mol. The van der Waals surface area contributed by atoms with Crippen molar-refractivity contribution in [2.75, 3.05) is 42.1 Å². The number of hydrogen-bond acceptors (Lipinski definition) is 17. The molecular formula is C51H46Br3N5O11S2. The molecule has 0 radical (unpaired) electrons. The third-order valence-electron chi connectivity index (χ3n) is 10.7. The molecule has 21 heteroatoms. The summed E-state index contributed by atoms with van der Waals surface area (Å²) in [6.45, 7) is 5.93. The average Bonchev–Trinajstić information content (AvgIpc) is 4.08. The zero-order valence-electron chi connectivity index (χ0n) is 39.8. The lowest BCUT2D eigenvalue weighted by atomic mass is 10.1. The fourth-order valence-electron chi connectivity index (χ4n) is 6.60. The molecule has 16 nitrogen and oxygen atoms in total. The minimum atomic E-state index is -0.371. The van der Waals surface area contributed by atoms with E-state index in [1.165, 1.54) is 60.9 Å². The maximum Gasteiger partial charge on any atom is 0.252 e. The fraction of sp³-hybridized carbons (Fsp3) is 0.176. The van der Waals surface area contributed by atoms with Gasteiger partial charge in [0.2, 0.25) is 0 Å². The van der Waals surface area contributed by atoms with Crippen molar-refractivity contribution < 1.29 is 53.7 Å². The van der Waals surface area contributed by atoms with Crippen molar-refractivity contribution in [3.05, 3.63) is 132 Å². The maximum absolute atomic E-state index is 12.4. The van der Waals surface area contributed by atoms with Crippen LogP contribution in [0, 0.1) is 20.8 Å². The molecule has 0 aliphatic rings. The van der Waals surface area contributed by atoms with E-state index in [0.29, 0.717) is 70.0 Å². The summed E-state index contributed by atoms with van der Waals surface area (Å²) in [5, 5.41) is 60.1. The number of hydrogen-bond donors (Lipinski definition) is 5. The number of methoxy groups -OCH3 is 5. The second-order valence-corrected chi connectivity index (χ2v) is 19.8. The second-order valence-electron chi connectivity index (χ2n) is 15.3. The quantitative estimate of drug-likeness (QED) is 0.0535. The zero-order valence-corrected chi connectivity index (χ0v) is 46.1. The van der Waals surface area contributed by atoms with E-state index in [1.54, 1.807) is 69.1 Å². The molecule has 0 unspecified atom stereocenters. The van der Waals surface area contributed by atoms with E-state index in [-0.39, 0.29) is 41.2 Å². The van der Waals surface area contributed by atoms with Crippen molar-refractivity contribution in [2.45, 2.75) is 20.8 Å². The molecule has 0 fully saturated rings. The van der Waals surface area contributed by atoms with Crippen LogP contribution in [0.5, 0.6) is 51.7 Å². The van der Waals surface area contributed by atoms with Gasteiger partial charge in [0.25, 0.3) is 5.91 Å². The highest BCUT2D eigenvalue weighted by Crippen LogP contribution is 2.42. The van der Waals surface area contributed by atoms with E-state index in [2.05, 4.69) is 99.5 Å². The first-order valence-electron chi connectivity index (χ1n) is 21.2. The van der Waals surface area contributed by atoms with Gasteiger partial charge in [-0.25, -0.2) is 0 Å². The van der Waals surface area contributed by atoms with Crippen LogP contribution in [0.1, 0.15) is 37.4 Å². The number of carbonyl (C=O) groups is 2. The number of nitrogens with zero attached hydrogens (tertiary/aromatic N) is 4. The van der Waals surface area contributed by atoms with Crippen LogP contribution in [-0.4, -0.2) is 94.6 Å². The minimum Gasteiger partial charge on any atom is -0.504 e. The minimum absolute atomic E-state index is 0.142. The van der Waals surface area contributed by atoms with Crippen molar-refractivity contribution in [1.82, 2.24) is 25.7 Å². The molecule has 72 heavy (non-hydrogen) atoms. The van der Waals surface area contributed by atoms with E-state index in [9.17, 15) is 30.0 Å². The van der Waals surface area contributed by atoms with E-state index in [0.717, 1.165) is 31.2 Å². The van der Waals surface area contributed by atoms with Gasteiger partial charge in [0.05, 0.1) is 47.7 Å². The molecule has 0 atom stereocenters. The third-order valence-corrected chi connectivity index (χ3v) is 14.6. The van der Waals surface area contributed by atoms with E-state index < -0.39 is 0 Å². The number of phenols is 4. The van der Waals surface area contributed by atoms with Crippen molar-refractivity contribution >= 4 is 82.2 Å². The molecule has 0 aliphatic carbocycles. The lowest BCUT2D eigenvalue weighted by Crippen LogP contribution is -2.29. The summed E-state index contributed by atoms with van der Waals surface area (Å²) in [5.74, 6) is 1.42. The highest BCUT2D eigenvalue weighted by molar-refractivity contribution is 9.11. The third kappa shape index (κ3) is 13.0. The Morgan fingerprint density at radius 3 is 1.56 bits per heavy atom. The standard InChI is InChI=1S/C19H20BrNO5.C18H17BrN2O2S.C14H9BrN2O4S/c1-11-7-14(20)13(9-17(11)25-3)19(23)21-10-15(22)12-5-6-16(24-2)18(8-12)26-4;1-10-7-13(14(19)8-11(10)2)18-21-20-17(24-18)12-5-6-15(22-3)16(9-12)23-4;15-8-5-12(21)11(20)4-7(8)14-17-16-13(22-14)6-1-2-9(18)10(19)3-6/h5-9H,10H2,1-4H3,(H,21,23);5-9H,1-4H3;1-5,18-21H. The largest absolute Gasteiger partial charge is 0.504 e. The van der Waals surface area contributed by atoms with Gasteiger partial charge in [-0.3, -0.25) is 9.59 Å². The van der Waals surface area contributed by atoms with Gasteiger partial charge in [-0.05, 0) is 160 Å². The van der Waals surface area contributed by atoms with Crippen LogP contribution < -0.4 is 29.0 Å². The molecule has 0 saturated heterocycles. The number of halogens is 3. The number of aromatic nitrogens is 4. The highest BCUT2D eigenvalue weighted by Gasteiger charge is 2.19. The summed E-state index contributed by atoms with van der Waals surface area (Å²) in [6, 6.07) is 25.4. The predicted molar refractivity (Wildman–Crippen MR) is 288 cm³/mol. The van der Waals surface area contributed by atoms with E-state index >= 15 is 0 Å². The van der Waals surface area contributed by atoms with E-state index in [4.69, 9.17) is 23.7 Å². The van der Waals surface area contributed by atoms with Crippen LogP contribution in [-0.2, 0) is 0 Å². The summed E-state index contributed by atoms with van der Waals surface area (Å²) < 4.78 is 28.4. The monoisotopic (exact) mass is 1210 g/mol. The van der Waals surface area contributed by atoms with Gasteiger partial charge >= 0.3 is 0 Å². The normalized spacial score (nSPS) is 10.5. The molecule has 374 valence electrons. The van der Waals surface area contributed by atoms with Crippen LogP contribution in [0.2, 0.25) is 0 Å². The molecule has 1 amide bonds. The van der Waals surface area contributed by atoms with Gasteiger partial charge in [0.15, 0.2) is 51.8 Å². The van der Waals surface area contributed by atoms with Gasteiger partial charge in [-0.15, -0.1) is 20.4 Å². The Kier molecular flexibility index (Phi) is 18.6. The fourth-order valence-corrected chi connectivity index (χ4v) is 10.4. The number of nitrogens with one attached hydrogen (secondary N) is 1. The number of benzene rings is 6. The first kappa shape index (κ1) is 54.6. The zero-order chi connectivity index (χ0) is 52.4. The molecule has 8 aromatic rings. The molecule has 0 saturated carbocycles. The Morgan fingerprint density at radius 2 is 0.958 bits per heavy atom. The SMILES string of the molecule is COc1cc(C(=O)NCC(=O)c2ccc(OC)c(OC)c2)c(Br)cc1C.COc1ccc(-c2nnc(-c3cc(C)c(C)cc3Br)s2)cc1OC.Oc1ccc(-c2nnc(-c3cc(O)c(O)cc3Br)s2)cc1O. The predicted octanol–water partition coefficient (Wildman–Crippen LogP) is 12.1. The van der Waals surface area contributed by atoms with Gasteiger partial charge in [0, 0.05) is 41.2 Å². The summed E-state index contributed by atoms with van der Waals surface area (Å²) in [6.07, 6.45) is 0. The number of amides is 1. The van der Waals surface area contributed by atoms with Gasteiger partial charge in [-0.2, -0.15) is 0 Å².